The Morgan fingerprint density at radius 1 is 1.64 bits per heavy atom. The van der Waals surface area contributed by atoms with Crippen LogP contribution in [-0.4, -0.2) is 26.7 Å². The van der Waals surface area contributed by atoms with Crippen molar-refractivity contribution >= 4 is 11.6 Å². The van der Waals surface area contributed by atoms with Gasteiger partial charge in [0.05, 0.1) is 6.54 Å². The molecule has 0 amide bonds. The van der Waals surface area contributed by atoms with E-state index in [1.165, 1.54) is 0 Å². The molecule has 0 aromatic carbocycles. The second-order valence-electron chi connectivity index (χ2n) is 3.87. The summed E-state index contributed by atoms with van der Waals surface area (Å²) in [4.78, 5) is 4.13. The zero-order valence-corrected chi connectivity index (χ0v) is 9.04. The van der Waals surface area contributed by atoms with Gasteiger partial charge in [0, 0.05) is 12.4 Å². The summed E-state index contributed by atoms with van der Waals surface area (Å²) in [6.45, 7) is 1.83. The Kier molecular flexibility index (Phi) is 3.03. The van der Waals surface area contributed by atoms with E-state index in [9.17, 15) is 0 Å². The number of nitrogens with one attached hydrogen (secondary N) is 1. The summed E-state index contributed by atoms with van der Waals surface area (Å²) >= 11 is 5.89. The Morgan fingerprint density at radius 3 is 3.00 bits per heavy atom. The standard InChI is InChI=1S/C9H15ClN4/c1-14-9(12-6-13-14)5-11-4-7-2-8(10)3-7/h6-8,11H,2-5H2,1H3. The highest BCUT2D eigenvalue weighted by Gasteiger charge is 2.26. The van der Waals surface area contributed by atoms with E-state index in [4.69, 9.17) is 11.6 Å². The molecular weight excluding hydrogens is 200 g/mol. The monoisotopic (exact) mass is 214 g/mol. The number of halogens is 1. The number of aryl methyl sites for hydroxylation is 1. The number of rotatable bonds is 4. The molecule has 5 heteroatoms. The molecule has 1 aromatic rings. The first-order chi connectivity index (χ1) is 6.75. The summed E-state index contributed by atoms with van der Waals surface area (Å²) in [6.07, 6.45) is 3.87. The SMILES string of the molecule is Cn1ncnc1CNCC1CC(Cl)C1. The molecule has 1 aromatic heterocycles. The van der Waals surface area contributed by atoms with Crippen LogP contribution in [0, 0.1) is 5.92 Å². The first-order valence-electron chi connectivity index (χ1n) is 4.93. The van der Waals surface area contributed by atoms with E-state index in [1.54, 1.807) is 11.0 Å². The second kappa shape index (κ2) is 4.28. The van der Waals surface area contributed by atoms with Gasteiger partial charge in [-0.15, -0.1) is 11.6 Å². The van der Waals surface area contributed by atoms with E-state index in [0.29, 0.717) is 5.38 Å². The fraction of sp³-hybridized carbons (Fsp3) is 0.778. The smallest absolute Gasteiger partial charge is 0.140 e. The average Bonchev–Trinajstić information content (AvgIpc) is 2.49. The van der Waals surface area contributed by atoms with Crippen molar-refractivity contribution < 1.29 is 0 Å². The Bertz CT molecular complexity index is 293. The maximum atomic E-state index is 5.89. The number of hydrogen-bond donors (Lipinski definition) is 1. The normalized spacial score (nSPS) is 26.1. The lowest BCUT2D eigenvalue weighted by Gasteiger charge is -2.30. The van der Waals surface area contributed by atoms with E-state index in [-0.39, 0.29) is 0 Å². The fourth-order valence-corrected chi connectivity index (χ4v) is 2.19. The van der Waals surface area contributed by atoms with Crippen molar-refractivity contribution in [2.75, 3.05) is 6.54 Å². The van der Waals surface area contributed by atoms with Crippen LogP contribution in [0.4, 0.5) is 0 Å². The first kappa shape index (κ1) is 9.93. The van der Waals surface area contributed by atoms with Crippen LogP contribution in [0.3, 0.4) is 0 Å². The van der Waals surface area contributed by atoms with Gasteiger partial charge in [-0.3, -0.25) is 4.68 Å². The van der Waals surface area contributed by atoms with Gasteiger partial charge in [0.2, 0.25) is 0 Å². The lowest BCUT2D eigenvalue weighted by molar-refractivity contribution is 0.306. The average molecular weight is 215 g/mol. The van der Waals surface area contributed by atoms with Crippen molar-refractivity contribution in [3.63, 3.8) is 0 Å². The highest BCUT2D eigenvalue weighted by atomic mass is 35.5. The molecule has 1 N–H and O–H groups in total. The molecule has 78 valence electrons. The molecule has 0 bridgehead atoms. The van der Waals surface area contributed by atoms with Gasteiger partial charge >= 0.3 is 0 Å². The molecule has 1 saturated carbocycles. The Morgan fingerprint density at radius 2 is 2.43 bits per heavy atom. The molecular formula is C9H15ClN4. The third-order valence-electron chi connectivity index (χ3n) is 2.70. The molecule has 1 aliphatic rings. The predicted molar refractivity (Wildman–Crippen MR) is 55.1 cm³/mol. The summed E-state index contributed by atoms with van der Waals surface area (Å²) in [5.74, 6) is 1.73. The van der Waals surface area contributed by atoms with E-state index in [2.05, 4.69) is 15.4 Å². The zero-order valence-electron chi connectivity index (χ0n) is 8.28. The van der Waals surface area contributed by atoms with Gasteiger partial charge in [-0.2, -0.15) is 5.10 Å². The molecule has 1 fully saturated rings. The lowest BCUT2D eigenvalue weighted by atomic mass is 9.85. The van der Waals surface area contributed by atoms with Crippen LogP contribution >= 0.6 is 11.6 Å². The van der Waals surface area contributed by atoms with Crippen molar-refractivity contribution in [2.24, 2.45) is 13.0 Å². The van der Waals surface area contributed by atoms with Gasteiger partial charge in [0.15, 0.2) is 0 Å². The Balaban J connectivity index is 1.66. The quantitative estimate of drug-likeness (QED) is 0.759. The van der Waals surface area contributed by atoms with Gasteiger partial charge in [-0.1, -0.05) is 0 Å². The first-order valence-corrected chi connectivity index (χ1v) is 5.37. The van der Waals surface area contributed by atoms with Gasteiger partial charge in [-0.25, -0.2) is 4.98 Å². The van der Waals surface area contributed by atoms with E-state index in [0.717, 1.165) is 37.7 Å². The highest BCUT2D eigenvalue weighted by Crippen LogP contribution is 2.31. The van der Waals surface area contributed by atoms with Crippen molar-refractivity contribution in [3.8, 4) is 0 Å². The minimum Gasteiger partial charge on any atom is -0.310 e. The molecule has 14 heavy (non-hydrogen) atoms. The summed E-state index contributed by atoms with van der Waals surface area (Å²) in [5.41, 5.74) is 0. The van der Waals surface area contributed by atoms with Gasteiger partial charge in [-0.05, 0) is 25.3 Å². The number of aromatic nitrogens is 3. The van der Waals surface area contributed by atoms with Crippen LogP contribution in [0.1, 0.15) is 18.7 Å². The molecule has 2 rings (SSSR count). The van der Waals surface area contributed by atoms with E-state index < -0.39 is 0 Å². The van der Waals surface area contributed by atoms with Crippen molar-refractivity contribution in [2.45, 2.75) is 24.8 Å². The van der Waals surface area contributed by atoms with Crippen LogP contribution in [-0.2, 0) is 13.6 Å². The fourth-order valence-electron chi connectivity index (χ4n) is 1.69. The molecule has 0 aliphatic heterocycles. The van der Waals surface area contributed by atoms with Crippen molar-refractivity contribution in [3.05, 3.63) is 12.2 Å². The zero-order chi connectivity index (χ0) is 9.97. The van der Waals surface area contributed by atoms with Crippen LogP contribution in [0.25, 0.3) is 0 Å². The van der Waals surface area contributed by atoms with Crippen molar-refractivity contribution in [1.82, 2.24) is 20.1 Å². The summed E-state index contributed by atoms with van der Waals surface area (Å²) < 4.78 is 1.79. The van der Waals surface area contributed by atoms with Crippen molar-refractivity contribution in [1.29, 1.82) is 0 Å². The van der Waals surface area contributed by atoms with Crippen LogP contribution in [0.2, 0.25) is 0 Å². The summed E-state index contributed by atoms with van der Waals surface area (Å²) in [6, 6.07) is 0. The minimum atomic E-state index is 0.414. The van der Waals surface area contributed by atoms with E-state index >= 15 is 0 Å². The highest BCUT2D eigenvalue weighted by molar-refractivity contribution is 6.21. The lowest BCUT2D eigenvalue weighted by Crippen LogP contribution is -2.33. The van der Waals surface area contributed by atoms with E-state index in [1.807, 2.05) is 7.05 Å². The number of hydrogen-bond acceptors (Lipinski definition) is 3. The molecule has 1 aliphatic carbocycles. The van der Waals surface area contributed by atoms with Crippen LogP contribution in [0.15, 0.2) is 6.33 Å². The molecule has 0 unspecified atom stereocenters. The maximum absolute atomic E-state index is 5.89. The third kappa shape index (κ3) is 2.25. The molecule has 0 atom stereocenters. The Hall–Kier alpha value is -0.610. The Labute approximate surface area is 88.7 Å². The molecule has 1 heterocycles. The predicted octanol–water partition coefficient (Wildman–Crippen LogP) is 0.922. The van der Waals surface area contributed by atoms with Gasteiger partial charge < -0.3 is 5.32 Å². The largest absolute Gasteiger partial charge is 0.310 e. The van der Waals surface area contributed by atoms with Gasteiger partial charge in [0.25, 0.3) is 0 Å². The van der Waals surface area contributed by atoms with Crippen LogP contribution < -0.4 is 5.32 Å². The minimum absolute atomic E-state index is 0.414. The molecule has 0 saturated heterocycles. The number of alkyl halides is 1. The van der Waals surface area contributed by atoms with Crippen LogP contribution in [0.5, 0.6) is 0 Å². The summed E-state index contributed by atoms with van der Waals surface area (Å²) in [7, 11) is 1.90. The summed E-state index contributed by atoms with van der Waals surface area (Å²) in [5, 5.41) is 7.79. The molecule has 0 spiro atoms. The second-order valence-corrected chi connectivity index (χ2v) is 4.48. The third-order valence-corrected chi connectivity index (χ3v) is 3.06. The molecule has 4 nitrogen and oxygen atoms in total. The van der Waals surface area contributed by atoms with Gasteiger partial charge in [0.1, 0.15) is 12.2 Å². The maximum Gasteiger partial charge on any atom is 0.140 e. The number of nitrogens with zero attached hydrogens (tertiary/aromatic N) is 3. The topological polar surface area (TPSA) is 42.7 Å². The molecule has 0 radical (unpaired) electrons.